The largest absolute Gasteiger partial charge is 0.495 e. The molecule has 0 unspecified atom stereocenters. The summed E-state index contributed by atoms with van der Waals surface area (Å²) < 4.78 is 5.62. The minimum absolute atomic E-state index is 0.0464. The van der Waals surface area contributed by atoms with Crippen molar-refractivity contribution in [2.45, 2.75) is 64.5 Å². The van der Waals surface area contributed by atoms with Gasteiger partial charge in [-0.3, -0.25) is 9.59 Å². The third-order valence-electron chi connectivity index (χ3n) is 8.00. The number of methoxy groups -OCH3 is 1. The average molecular weight is 522 g/mol. The maximum atomic E-state index is 13.3. The summed E-state index contributed by atoms with van der Waals surface area (Å²) in [7, 11) is 3.37. The lowest BCUT2D eigenvalue weighted by Gasteiger charge is -2.34. The number of benzene rings is 1. The summed E-state index contributed by atoms with van der Waals surface area (Å²) in [5.41, 5.74) is 1.13. The zero-order valence-electron chi connectivity index (χ0n) is 22.8. The molecule has 2 aliphatic heterocycles. The molecule has 0 atom stereocenters. The van der Waals surface area contributed by atoms with Crippen molar-refractivity contribution in [1.29, 1.82) is 0 Å². The summed E-state index contributed by atoms with van der Waals surface area (Å²) >= 11 is 0. The van der Waals surface area contributed by atoms with Gasteiger partial charge in [-0.2, -0.15) is 4.98 Å². The average Bonchev–Trinajstić information content (AvgIpc) is 3.44. The standard InChI is InChI=1S/C28H39N7O3/c1-28(2)17-35(19-8-5-6-9-19)24-21(34(3)26(28)37)16-30-27(33-24)32-23-20(10-7-11-22(23)38-4)25(36)31-18-12-14-29-15-13-18/h7,10-11,16,18-19,29H,5-6,8-9,12-15,17H2,1-4H3,(H,31,36)(H,30,32,33). The number of piperidine rings is 1. The first-order chi connectivity index (χ1) is 18.3. The smallest absolute Gasteiger partial charge is 0.253 e. The third-order valence-corrected chi connectivity index (χ3v) is 8.00. The van der Waals surface area contributed by atoms with Crippen molar-refractivity contribution in [3.05, 3.63) is 30.0 Å². The van der Waals surface area contributed by atoms with Crippen LogP contribution < -0.4 is 30.5 Å². The van der Waals surface area contributed by atoms with Gasteiger partial charge in [0, 0.05) is 25.7 Å². The number of rotatable bonds is 6. The van der Waals surface area contributed by atoms with Crippen molar-refractivity contribution >= 4 is 35.0 Å². The molecule has 38 heavy (non-hydrogen) atoms. The van der Waals surface area contributed by atoms with Gasteiger partial charge in [-0.05, 0) is 64.8 Å². The molecule has 1 saturated heterocycles. The SMILES string of the molecule is COc1cccc(C(=O)NC2CCNCC2)c1Nc1ncc2c(n1)N(C1CCCC1)CC(C)(C)C(=O)N2C. The zero-order valence-corrected chi connectivity index (χ0v) is 22.8. The molecule has 1 aromatic heterocycles. The summed E-state index contributed by atoms with van der Waals surface area (Å²) in [4.78, 5) is 40.1. The monoisotopic (exact) mass is 521 g/mol. The number of nitrogens with zero attached hydrogens (tertiary/aromatic N) is 4. The topological polar surface area (TPSA) is 112 Å². The highest BCUT2D eigenvalue weighted by molar-refractivity contribution is 6.02. The molecule has 1 saturated carbocycles. The van der Waals surface area contributed by atoms with Gasteiger partial charge in [-0.25, -0.2) is 4.98 Å². The Hall–Kier alpha value is -3.40. The molecule has 1 aliphatic carbocycles. The molecule has 10 heteroatoms. The van der Waals surface area contributed by atoms with E-state index in [-0.39, 0.29) is 17.9 Å². The molecule has 5 rings (SSSR count). The predicted molar refractivity (Wildman–Crippen MR) is 148 cm³/mol. The maximum Gasteiger partial charge on any atom is 0.253 e. The maximum absolute atomic E-state index is 13.3. The van der Waals surface area contributed by atoms with E-state index >= 15 is 0 Å². The van der Waals surface area contributed by atoms with Gasteiger partial charge in [-0.1, -0.05) is 18.9 Å². The lowest BCUT2D eigenvalue weighted by Crippen LogP contribution is -2.45. The summed E-state index contributed by atoms with van der Waals surface area (Å²) in [6, 6.07) is 5.86. The van der Waals surface area contributed by atoms with E-state index in [4.69, 9.17) is 9.72 Å². The Bertz CT molecular complexity index is 1190. The molecule has 0 spiro atoms. The molecule has 3 aliphatic rings. The predicted octanol–water partition coefficient (Wildman–Crippen LogP) is 3.46. The van der Waals surface area contributed by atoms with Crippen molar-refractivity contribution in [1.82, 2.24) is 20.6 Å². The molecule has 204 valence electrons. The van der Waals surface area contributed by atoms with Crippen LogP contribution in [0, 0.1) is 5.41 Å². The van der Waals surface area contributed by atoms with Gasteiger partial charge < -0.3 is 30.5 Å². The van der Waals surface area contributed by atoms with Gasteiger partial charge in [0.25, 0.3) is 5.91 Å². The fraction of sp³-hybridized carbons (Fsp3) is 0.571. The Kier molecular flexibility index (Phi) is 7.43. The number of anilines is 4. The van der Waals surface area contributed by atoms with E-state index in [0.29, 0.717) is 41.2 Å². The second-order valence-electron chi connectivity index (χ2n) is 11.2. The van der Waals surface area contributed by atoms with Crippen LogP contribution in [0.4, 0.5) is 23.1 Å². The number of para-hydroxylation sites is 1. The highest BCUT2D eigenvalue weighted by atomic mass is 16.5. The van der Waals surface area contributed by atoms with Crippen LogP contribution in [0.2, 0.25) is 0 Å². The fourth-order valence-electron chi connectivity index (χ4n) is 5.88. The van der Waals surface area contributed by atoms with E-state index in [0.717, 1.165) is 44.6 Å². The Morgan fingerprint density at radius 1 is 1.16 bits per heavy atom. The first kappa shape index (κ1) is 26.2. The number of amides is 2. The van der Waals surface area contributed by atoms with Crippen molar-refractivity contribution in [3.63, 3.8) is 0 Å². The summed E-state index contributed by atoms with van der Waals surface area (Å²) in [6.07, 6.45) is 8.00. The van der Waals surface area contributed by atoms with E-state index in [2.05, 4.69) is 25.8 Å². The van der Waals surface area contributed by atoms with Gasteiger partial charge in [0.15, 0.2) is 5.82 Å². The summed E-state index contributed by atoms with van der Waals surface area (Å²) in [5.74, 6) is 1.51. The lowest BCUT2D eigenvalue weighted by molar-refractivity contribution is -0.125. The lowest BCUT2D eigenvalue weighted by atomic mass is 9.91. The molecule has 10 nitrogen and oxygen atoms in total. The van der Waals surface area contributed by atoms with Crippen LogP contribution >= 0.6 is 0 Å². The number of nitrogens with one attached hydrogen (secondary N) is 3. The minimum atomic E-state index is -0.561. The van der Waals surface area contributed by atoms with Gasteiger partial charge in [0.2, 0.25) is 11.9 Å². The van der Waals surface area contributed by atoms with E-state index in [1.807, 2.05) is 26.0 Å². The van der Waals surface area contributed by atoms with Crippen LogP contribution in [0.15, 0.2) is 24.4 Å². The Morgan fingerprint density at radius 3 is 2.61 bits per heavy atom. The van der Waals surface area contributed by atoms with E-state index in [1.165, 1.54) is 12.8 Å². The molecular weight excluding hydrogens is 482 g/mol. The first-order valence-corrected chi connectivity index (χ1v) is 13.7. The van der Waals surface area contributed by atoms with Crippen LogP contribution in [-0.2, 0) is 4.79 Å². The Labute approximate surface area is 224 Å². The number of hydrogen-bond donors (Lipinski definition) is 3. The molecule has 2 amide bonds. The van der Waals surface area contributed by atoms with E-state index < -0.39 is 5.41 Å². The molecule has 3 N–H and O–H groups in total. The quantitative estimate of drug-likeness (QED) is 0.530. The molecule has 2 aromatic rings. The van der Waals surface area contributed by atoms with Crippen molar-refractivity contribution in [2.75, 3.05) is 48.9 Å². The van der Waals surface area contributed by atoms with Crippen LogP contribution in [0.3, 0.4) is 0 Å². The van der Waals surface area contributed by atoms with Crippen molar-refractivity contribution in [2.24, 2.45) is 5.41 Å². The Morgan fingerprint density at radius 2 is 1.89 bits per heavy atom. The van der Waals surface area contributed by atoms with Crippen LogP contribution in [-0.4, -0.2) is 67.7 Å². The zero-order chi connectivity index (χ0) is 26.9. The summed E-state index contributed by atoms with van der Waals surface area (Å²) in [5, 5.41) is 9.78. The first-order valence-electron chi connectivity index (χ1n) is 13.7. The number of carbonyl (C=O) groups excluding carboxylic acids is 2. The molecule has 1 aromatic carbocycles. The number of hydrogen-bond acceptors (Lipinski definition) is 8. The van der Waals surface area contributed by atoms with Gasteiger partial charge in [0.05, 0.1) is 30.0 Å². The van der Waals surface area contributed by atoms with Crippen molar-refractivity contribution < 1.29 is 14.3 Å². The normalized spacial score (nSPS) is 20.2. The van der Waals surface area contributed by atoms with Gasteiger partial charge >= 0.3 is 0 Å². The summed E-state index contributed by atoms with van der Waals surface area (Å²) in [6.45, 7) is 6.36. The van der Waals surface area contributed by atoms with Crippen LogP contribution in [0.1, 0.15) is 62.7 Å². The fourth-order valence-corrected chi connectivity index (χ4v) is 5.88. The van der Waals surface area contributed by atoms with Crippen LogP contribution in [0.25, 0.3) is 0 Å². The Balaban J connectivity index is 1.50. The second kappa shape index (κ2) is 10.8. The van der Waals surface area contributed by atoms with Crippen LogP contribution in [0.5, 0.6) is 5.75 Å². The van der Waals surface area contributed by atoms with Crippen molar-refractivity contribution in [3.8, 4) is 5.75 Å². The number of aromatic nitrogens is 2. The van der Waals surface area contributed by atoms with E-state index in [9.17, 15) is 9.59 Å². The molecule has 2 fully saturated rings. The molecule has 0 bridgehead atoms. The second-order valence-corrected chi connectivity index (χ2v) is 11.2. The third kappa shape index (κ3) is 5.14. The molecule has 0 radical (unpaired) electrons. The molecular formula is C28H39N7O3. The molecule has 3 heterocycles. The van der Waals surface area contributed by atoms with Gasteiger partial charge in [0.1, 0.15) is 11.4 Å². The minimum Gasteiger partial charge on any atom is -0.495 e. The number of carbonyl (C=O) groups is 2. The van der Waals surface area contributed by atoms with Gasteiger partial charge in [-0.15, -0.1) is 0 Å². The van der Waals surface area contributed by atoms with E-state index in [1.54, 1.807) is 31.3 Å². The number of fused-ring (bicyclic) bond motifs is 1. The number of ether oxygens (including phenoxy) is 1. The highest BCUT2D eigenvalue weighted by Gasteiger charge is 2.41. The highest BCUT2D eigenvalue weighted by Crippen LogP contribution is 2.41.